The van der Waals surface area contributed by atoms with Gasteiger partial charge in [-0.3, -0.25) is 4.79 Å². The number of carboxylic acid groups (broad SMARTS) is 1. The van der Waals surface area contributed by atoms with Gasteiger partial charge >= 0.3 is 51.4 Å². The molecule has 4 rings (SSSR count). The van der Waals surface area contributed by atoms with E-state index >= 15 is 0 Å². The normalized spacial score (nSPS) is 44.9. The van der Waals surface area contributed by atoms with Crippen molar-refractivity contribution in [2.45, 2.75) is 97.0 Å². The third-order valence-electron chi connectivity index (χ3n) is 9.86. The van der Waals surface area contributed by atoms with Gasteiger partial charge in [-0.2, -0.15) is 0 Å². The molecule has 0 aromatic heterocycles. The van der Waals surface area contributed by atoms with Crippen molar-refractivity contribution >= 4 is 11.8 Å². The molecule has 30 heavy (non-hydrogen) atoms. The molecule has 4 nitrogen and oxygen atoms in total. The molecule has 0 aromatic carbocycles. The van der Waals surface area contributed by atoms with Gasteiger partial charge in [0.05, 0.1) is 5.60 Å². The fourth-order valence-electron chi connectivity index (χ4n) is 8.20. The van der Waals surface area contributed by atoms with Gasteiger partial charge in [-0.15, -0.1) is 0 Å². The second-order valence-corrected chi connectivity index (χ2v) is 11.0. The van der Waals surface area contributed by atoms with Gasteiger partial charge < -0.3 is 15.0 Å². The topological polar surface area (TPSA) is 77.4 Å². The number of carboxylic acids is 1. The number of carbonyl (C=O) groups excluding carboxylic acids is 2. The van der Waals surface area contributed by atoms with Gasteiger partial charge in [-0.1, -0.05) is 39.2 Å². The maximum absolute atomic E-state index is 12.2. The van der Waals surface area contributed by atoms with E-state index in [1.54, 1.807) is 0 Å². The second kappa shape index (κ2) is 9.02. The third kappa shape index (κ3) is 3.88. The van der Waals surface area contributed by atoms with Crippen LogP contribution in [0.1, 0.15) is 91.4 Å². The average Bonchev–Trinajstić information content (AvgIpc) is 2.93. The van der Waals surface area contributed by atoms with E-state index in [2.05, 4.69) is 20.8 Å². The first-order chi connectivity index (χ1) is 13.6. The van der Waals surface area contributed by atoms with E-state index in [9.17, 15) is 19.8 Å². The molecular formula is C25H37KO4. The number of rotatable bonds is 5. The molecule has 1 unspecified atom stereocenters. The first kappa shape index (κ1) is 25.1. The van der Waals surface area contributed by atoms with Crippen molar-refractivity contribution in [2.75, 3.05) is 0 Å². The van der Waals surface area contributed by atoms with Crippen LogP contribution in [0.3, 0.4) is 0 Å². The summed E-state index contributed by atoms with van der Waals surface area (Å²) in [7, 11) is 0. The maximum Gasteiger partial charge on any atom is 1.00 e. The second-order valence-electron chi connectivity index (χ2n) is 11.0. The third-order valence-corrected chi connectivity index (χ3v) is 9.86. The van der Waals surface area contributed by atoms with E-state index in [1.165, 1.54) is 12.0 Å². The predicted octanol–water partition coefficient (Wildman–Crippen LogP) is 0.810. The maximum atomic E-state index is 12.2. The Morgan fingerprint density at radius 1 is 1.20 bits per heavy atom. The van der Waals surface area contributed by atoms with Crippen molar-refractivity contribution in [3.05, 3.63) is 11.6 Å². The van der Waals surface area contributed by atoms with Crippen molar-refractivity contribution in [2.24, 2.45) is 34.5 Å². The Labute approximate surface area is 224 Å². The van der Waals surface area contributed by atoms with Gasteiger partial charge in [0.25, 0.3) is 0 Å². The number of fused-ring (bicyclic) bond motifs is 5. The fourth-order valence-corrected chi connectivity index (χ4v) is 8.20. The largest absolute Gasteiger partial charge is 1.00 e. The smallest absolute Gasteiger partial charge is 0.550 e. The monoisotopic (exact) mass is 440 g/mol. The minimum atomic E-state index is -1.06. The molecule has 0 radical (unpaired) electrons. The minimum Gasteiger partial charge on any atom is -0.550 e. The fraction of sp³-hybridized carbons (Fsp3) is 0.840. The van der Waals surface area contributed by atoms with E-state index in [0.29, 0.717) is 48.7 Å². The molecule has 0 amide bonds. The zero-order chi connectivity index (χ0) is 21.0. The van der Waals surface area contributed by atoms with Crippen LogP contribution < -0.4 is 56.5 Å². The summed E-state index contributed by atoms with van der Waals surface area (Å²) in [4.78, 5) is 23.3. The van der Waals surface area contributed by atoms with Gasteiger partial charge in [0.2, 0.25) is 0 Å². The molecule has 4 aliphatic rings. The van der Waals surface area contributed by atoms with Crippen molar-refractivity contribution in [1.82, 2.24) is 0 Å². The summed E-state index contributed by atoms with van der Waals surface area (Å²) in [5.41, 5.74) is 0.411. The van der Waals surface area contributed by atoms with Gasteiger partial charge in [0.1, 0.15) is 0 Å². The van der Waals surface area contributed by atoms with E-state index in [4.69, 9.17) is 0 Å². The van der Waals surface area contributed by atoms with Crippen LogP contribution in [-0.4, -0.2) is 22.5 Å². The molecule has 3 fully saturated rings. The molecule has 0 heterocycles. The standard InChI is InChI=1S/C25H38O4.K/c1-4-5-16-14-17-15-18(26)6-10-23(17,2)19-7-11-24(3)20(22(16)19)8-12-25(24,29)13-9-21(27)28;/h15-16,19-20,22,29H,4-14H2,1-3H3,(H,27,28);/q;+1/p-1/t16-,19+,20+,22?,23+,24+,25-;/m1./s1. The van der Waals surface area contributed by atoms with Crippen LogP contribution >= 0.6 is 0 Å². The predicted molar refractivity (Wildman–Crippen MR) is 110 cm³/mol. The van der Waals surface area contributed by atoms with E-state index < -0.39 is 11.6 Å². The zero-order valence-corrected chi connectivity index (χ0v) is 22.5. The molecule has 7 atom stereocenters. The molecule has 0 aliphatic heterocycles. The molecule has 0 bridgehead atoms. The van der Waals surface area contributed by atoms with Gasteiger partial charge in [0, 0.05) is 12.4 Å². The van der Waals surface area contributed by atoms with Gasteiger partial charge in [0.15, 0.2) is 5.78 Å². The first-order valence-electron chi connectivity index (χ1n) is 11.8. The number of ketones is 1. The average molecular weight is 441 g/mol. The number of aliphatic carboxylic acids is 1. The van der Waals surface area contributed by atoms with Crippen molar-refractivity contribution in [3.63, 3.8) is 0 Å². The van der Waals surface area contributed by atoms with E-state index in [-0.39, 0.29) is 68.6 Å². The number of hydrogen-bond donors (Lipinski definition) is 1. The van der Waals surface area contributed by atoms with Crippen molar-refractivity contribution < 1.29 is 71.2 Å². The van der Waals surface area contributed by atoms with Crippen LogP contribution in [0.5, 0.6) is 0 Å². The van der Waals surface area contributed by atoms with Crippen LogP contribution in [0.4, 0.5) is 0 Å². The SMILES string of the molecule is CCC[C@@H]1CC2=CC(=O)CC[C@]2(C)[C@H]2CC[C@@]3(C)[C@@H](CC[C@@]3(O)CCC(=O)[O-])C12.[K+]. The molecule has 3 saturated carbocycles. The van der Waals surface area contributed by atoms with E-state index in [1.807, 2.05) is 6.08 Å². The van der Waals surface area contributed by atoms with Crippen molar-refractivity contribution in [3.8, 4) is 0 Å². The Hall–Kier alpha value is 0.476. The number of hydrogen-bond acceptors (Lipinski definition) is 4. The van der Waals surface area contributed by atoms with Crippen LogP contribution in [0.25, 0.3) is 0 Å². The molecule has 0 saturated heterocycles. The Morgan fingerprint density at radius 2 is 1.90 bits per heavy atom. The summed E-state index contributed by atoms with van der Waals surface area (Å²) in [6.45, 7) is 6.87. The van der Waals surface area contributed by atoms with Crippen LogP contribution in [0.2, 0.25) is 0 Å². The van der Waals surface area contributed by atoms with Crippen LogP contribution in [-0.2, 0) is 9.59 Å². The zero-order valence-electron chi connectivity index (χ0n) is 19.3. The molecule has 1 N–H and O–H groups in total. The summed E-state index contributed by atoms with van der Waals surface area (Å²) >= 11 is 0. The molecule has 0 aromatic rings. The number of aliphatic hydroxyl groups is 1. The summed E-state index contributed by atoms with van der Waals surface area (Å²) in [5, 5.41) is 22.7. The van der Waals surface area contributed by atoms with Crippen molar-refractivity contribution in [1.29, 1.82) is 0 Å². The summed E-state index contributed by atoms with van der Waals surface area (Å²) < 4.78 is 0. The van der Waals surface area contributed by atoms with Crippen LogP contribution in [0, 0.1) is 34.5 Å². The summed E-state index contributed by atoms with van der Waals surface area (Å²) in [6.07, 6.45) is 10.9. The first-order valence-corrected chi connectivity index (χ1v) is 11.8. The Bertz CT molecular complexity index is 733. The number of carbonyl (C=O) groups is 2. The Balaban J connectivity index is 0.00000256. The van der Waals surface area contributed by atoms with E-state index in [0.717, 1.165) is 38.5 Å². The minimum absolute atomic E-state index is 0. The molecule has 5 heteroatoms. The molecule has 162 valence electrons. The number of allylic oxidation sites excluding steroid dienone is 1. The Morgan fingerprint density at radius 3 is 2.57 bits per heavy atom. The molecule has 4 aliphatic carbocycles. The van der Waals surface area contributed by atoms with Crippen LogP contribution in [0.15, 0.2) is 11.6 Å². The molecule has 0 spiro atoms. The Kier molecular flexibility index (Phi) is 7.55. The van der Waals surface area contributed by atoms with Gasteiger partial charge in [-0.05, 0) is 91.9 Å². The summed E-state index contributed by atoms with van der Waals surface area (Å²) in [6, 6.07) is 0. The van der Waals surface area contributed by atoms with Gasteiger partial charge in [-0.25, -0.2) is 0 Å². The summed E-state index contributed by atoms with van der Waals surface area (Å²) in [5.74, 6) is 1.40. The quantitative estimate of drug-likeness (QED) is 0.642. The molecular weight excluding hydrogens is 403 g/mol.